The highest BCUT2D eigenvalue weighted by Gasteiger charge is 2.43. The smallest absolute Gasteiger partial charge is 0.150 e. The van der Waals surface area contributed by atoms with Gasteiger partial charge in [0.25, 0.3) is 0 Å². The largest absolute Gasteiger partial charge is 0.229 e. The van der Waals surface area contributed by atoms with Crippen LogP contribution in [-0.2, 0) is 16.3 Å². The van der Waals surface area contributed by atoms with Crippen LogP contribution in [-0.4, -0.2) is 31.7 Å². The van der Waals surface area contributed by atoms with E-state index in [0.717, 1.165) is 6.42 Å². The molecule has 21 heavy (non-hydrogen) atoms. The van der Waals surface area contributed by atoms with E-state index in [9.17, 15) is 8.42 Å². The predicted octanol–water partition coefficient (Wildman–Crippen LogP) is 3.74. The molecule has 0 N–H and O–H groups in total. The van der Waals surface area contributed by atoms with Crippen LogP contribution >= 0.6 is 23.2 Å². The van der Waals surface area contributed by atoms with Crippen LogP contribution in [0.15, 0.2) is 18.2 Å². The van der Waals surface area contributed by atoms with E-state index < -0.39 is 9.84 Å². The third-order valence-corrected chi connectivity index (χ3v) is 7.51. The van der Waals surface area contributed by atoms with Gasteiger partial charge in [0.1, 0.15) is 0 Å². The fraction of sp³-hybridized carbons (Fsp3) is 0.625. The van der Waals surface area contributed by atoms with Crippen molar-refractivity contribution in [2.45, 2.75) is 26.7 Å². The molecule has 1 aromatic rings. The maximum absolute atomic E-state index is 11.8. The lowest BCUT2D eigenvalue weighted by atomic mass is 9.73. The second-order valence-corrected chi connectivity index (χ2v) is 9.10. The van der Waals surface area contributed by atoms with Crippen molar-refractivity contribution in [3.05, 3.63) is 34.9 Å². The maximum Gasteiger partial charge on any atom is 0.150 e. The summed E-state index contributed by atoms with van der Waals surface area (Å²) in [4.78, 5) is 0. The Hall–Kier alpha value is -0.250. The van der Waals surface area contributed by atoms with Crippen molar-refractivity contribution in [1.82, 2.24) is 0 Å². The van der Waals surface area contributed by atoms with E-state index in [1.807, 2.05) is 0 Å². The van der Waals surface area contributed by atoms with Gasteiger partial charge in [-0.1, -0.05) is 23.8 Å². The zero-order chi connectivity index (χ0) is 15.7. The summed E-state index contributed by atoms with van der Waals surface area (Å²) in [7, 11) is -2.93. The molecule has 0 amide bonds. The molecule has 5 heteroatoms. The van der Waals surface area contributed by atoms with Crippen LogP contribution in [0.1, 0.15) is 23.1 Å². The van der Waals surface area contributed by atoms with Gasteiger partial charge in [0, 0.05) is 17.2 Å². The summed E-state index contributed by atoms with van der Waals surface area (Å²) >= 11 is 12.5. The lowest BCUT2D eigenvalue weighted by molar-refractivity contribution is 0.244. The van der Waals surface area contributed by atoms with E-state index in [1.165, 1.54) is 16.7 Å². The second-order valence-electron chi connectivity index (χ2n) is 6.34. The summed E-state index contributed by atoms with van der Waals surface area (Å²) < 4.78 is 23.6. The van der Waals surface area contributed by atoms with E-state index >= 15 is 0 Å². The van der Waals surface area contributed by atoms with Crippen LogP contribution in [0.2, 0.25) is 0 Å². The van der Waals surface area contributed by atoms with Gasteiger partial charge in [-0.15, -0.1) is 23.2 Å². The first-order valence-electron chi connectivity index (χ1n) is 7.20. The summed E-state index contributed by atoms with van der Waals surface area (Å²) in [5.41, 5.74) is 3.29. The van der Waals surface area contributed by atoms with Gasteiger partial charge in [0.2, 0.25) is 0 Å². The molecule has 0 spiro atoms. The van der Waals surface area contributed by atoms with Gasteiger partial charge < -0.3 is 0 Å². The SMILES string of the molecule is Cc1ccc(C)c(CC(CCl)(CCl)C2CCS(=O)(=O)C2)c1. The van der Waals surface area contributed by atoms with E-state index in [1.54, 1.807) is 0 Å². The van der Waals surface area contributed by atoms with Gasteiger partial charge in [0.05, 0.1) is 11.5 Å². The molecule has 1 heterocycles. The summed E-state index contributed by atoms with van der Waals surface area (Å²) in [6.45, 7) is 4.14. The van der Waals surface area contributed by atoms with Gasteiger partial charge >= 0.3 is 0 Å². The van der Waals surface area contributed by atoms with Crippen molar-refractivity contribution >= 4 is 33.0 Å². The average molecular weight is 349 g/mol. The minimum absolute atomic E-state index is 0.0532. The Morgan fingerprint density at radius 2 is 1.90 bits per heavy atom. The highest BCUT2D eigenvalue weighted by molar-refractivity contribution is 7.91. The number of halogens is 2. The summed E-state index contributed by atoms with van der Waals surface area (Å²) in [6, 6.07) is 6.35. The van der Waals surface area contributed by atoms with E-state index in [4.69, 9.17) is 23.2 Å². The van der Waals surface area contributed by atoms with E-state index in [2.05, 4.69) is 32.0 Å². The molecule has 0 saturated carbocycles. The van der Waals surface area contributed by atoms with Crippen molar-refractivity contribution in [3.8, 4) is 0 Å². The van der Waals surface area contributed by atoms with Crippen LogP contribution < -0.4 is 0 Å². The van der Waals surface area contributed by atoms with Gasteiger partial charge in [-0.05, 0) is 43.7 Å². The molecule has 0 radical (unpaired) electrons. The molecule has 1 aromatic carbocycles. The molecule has 0 aromatic heterocycles. The molecule has 1 fully saturated rings. The third-order valence-electron chi connectivity index (χ3n) is 4.68. The van der Waals surface area contributed by atoms with Crippen molar-refractivity contribution < 1.29 is 8.42 Å². The summed E-state index contributed by atoms with van der Waals surface area (Å²) in [5, 5.41) is 0. The Kier molecular flexibility index (Phi) is 5.27. The standard InChI is InChI=1S/C16H22Cl2O2S/c1-12-3-4-13(2)14(7-12)8-16(10-17,11-18)15-5-6-21(19,20)9-15/h3-4,7,15H,5-6,8-11H2,1-2H3. The number of hydrogen-bond acceptors (Lipinski definition) is 2. The van der Waals surface area contributed by atoms with Crippen molar-refractivity contribution in [3.63, 3.8) is 0 Å². The highest BCUT2D eigenvalue weighted by atomic mass is 35.5. The molecule has 2 nitrogen and oxygen atoms in total. The minimum Gasteiger partial charge on any atom is -0.229 e. The van der Waals surface area contributed by atoms with Crippen LogP contribution in [0, 0.1) is 25.2 Å². The Balaban J connectivity index is 2.32. The molecule has 1 saturated heterocycles. The first-order chi connectivity index (χ1) is 9.82. The predicted molar refractivity (Wildman–Crippen MR) is 90.3 cm³/mol. The number of rotatable bonds is 5. The molecule has 1 unspecified atom stereocenters. The fourth-order valence-corrected chi connectivity index (χ4v) is 6.00. The molecular formula is C16H22Cl2O2S. The molecule has 1 aliphatic rings. The molecule has 2 rings (SSSR count). The topological polar surface area (TPSA) is 34.1 Å². The lowest BCUT2D eigenvalue weighted by Crippen LogP contribution is -2.38. The fourth-order valence-electron chi connectivity index (χ4n) is 3.14. The highest BCUT2D eigenvalue weighted by Crippen LogP contribution is 2.41. The van der Waals surface area contributed by atoms with Crippen LogP contribution in [0.4, 0.5) is 0 Å². The van der Waals surface area contributed by atoms with Crippen molar-refractivity contribution in [2.24, 2.45) is 11.3 Å². The average Bonchev–Trinajstić information content (AvgIpc) is 2.81. The first-order valence-corrected chi connectivity index (χ1v) is 10.1. The van der Waals surface area contributed by atoms with Gasteiger partial charge in [-0.25, -0.2) is 8.42 Å². The van der Waals surface area contributed by atoms with E-state index in [-0.39, 0.29) is 22.8 Å². The molecule has 0 bridgehead atoms. The van der Waals surface area contributed by atoms with E-state index in [0.29, 0.717) is 18.2 Å². The van der Waals surface area contributed by atoms with Gasteiger partial charge in [-0.3, -0.25) is 0 Å². The molecule has 118 valence electrons. The normalized spacial score (nSPS) is 21.6. The second kappa shape index (κ2) is 6.47. The van der Waals surface area contributed by atoms with Gasteiger partial charge in [0.15, 0.2) is 9.84 Å². The third kappa shape index (κ3) is 3.75. The number of sulfone groups is 1. The molecular weight excluding hydrogens is 327 g/mol. The zero-order valence-corrected chi connectivity index (χ0v) is 14.9. The van der Waals surface area contributed by atoms with Crippen LogP contribution in [0.25, 0.3) is 0 Å². The van der Waals surface area contributed by atoms with Crippen LogP contribution in [0.5, 0.6) is 0 Å². The quantitative estimate of drug-likeness (QED) is 0.759. The number of benzene rings is 1. The molecule has 1 aliphatic heterocycles. The zero-order valence-electron chi connectivity index (χ0n) is 12.5. The first kappa shape index (κ1) is 17.1. The summed E-state index contributed by atoms with van der Waals surface area (Å²) in [6.07, 6.45) is 1.42. The Morgan fingerprint density at radius 1 is 1.24 bits per heavy atom. The lowest BCUT2D eigenvalue weighted by Gasteiger charge is -2.36. The molecule has 1 atom stereocenters. The van der Waals surface area contributed by atoms with Crippen molar-refractivity contribution in [2.75, 3.05) is 23.3 Å². The minimum atomic E-state index is -2.93. The molecule has 0 aliphatic carbocycles. The summed E-state index contributed by atoms with van der Waals surface area (Å²) in [5.74, 6) is 1.32. The number of aryl methyl sites for hydroxylation is 2. The Morgan fingerprint density at radius 3 is 2.43 bits per heavy atom. The van der Waals surface area contributed by atoms with Crippen LogP contribution in [0.3, 0.4) is 0 Å². The monoisotopic (exact) mass is 348 g/mol. The Labute approximate surface area is 137 Å². The van der Waals surface area contributed by atoms with Gasteiger partial charge in [-0.2, -0.15) is 0 Å². The van der Waals surface area contributed by atoms with Crippen molar-refractivity contribution in [1.29, 1.82) is 0 Å². The maximum atomic E-state index is 11.8. The Bertz CT molecular complexity index is 607. The number of alkyl halides is 2. The number of hydrogen-bond donors (Lipinski definition) is 0.